The van der Waals surface area contributed by atoms with E-state index in [1.807, 2.05) is 13.8 Å². The molecule has 1 aliphatic rings. The molecule has 0 amide bonds. The Labute approximate surface area is 95.9 Å². The molecule has 0 aliphatic carbocycles. The summed E-state index contributed by atoms with van der Waals surface area (Å²) in [5.41, 5.74) is 0.962. The van der Waals surface area contributed by atoms with Crippen LogP contribution >= 0.6 is 0 Å². The van der Waals surface area contributed by atoms with Gasteiger partial charge in [-0.05, 0) is 33.2 Å². The number of nitrogens with zero attached hydrogens (tertiary/aromatic N) is 3. The highest BCUT2D eigenvalue weighted by Gasteiger charge is 2.21. The van der Waals surface area contributed by atoms with Crippen molar-refractivity contribution in [1.29, 1.82) is 5.26 Å². The van der Waals surface area contributed by atoms with Crippen molar-refractivity contribution in [3.8, 4) is 6.07 Å². The quantitative estimate of drug-likeness (QED) is 0.763. The smallest absolute Gasteiger partial charge is 0.208 e. The standard InChI is InChI=1S/C12H17N3O/c1-9-10(2)16-12(14-9)8-15-5-3-4-11(6-13)7-15/h11H,3-5,7-8H2,1-2H3. The molecule has 1 aromatic rings. The molecule has 2 rings (SSSR count). The minimum atomic E-state index is 0.172. The molecular formula is C12H17N3O. The van der Waals surface area contributed by atoms with Gasteiger partial charge in [0.25, 0.3) is 0 Å². The lowest BCUT2D eigenvalue weighted by Gasteiger charge is -2.28. The van der Waals surface area contributed by atoms with Gasteiger partial charge in [-0.3, -0.25) is 4.90 Å². The van der Waals surface area contributed by atoms with E-state index in [0.29, 0.717) is 0 Å². The van der Waals surface area contributed by atoms with Gasteiger partial charge in [0, 0.05) is 6.54 Å². The summed E-state index contributed by atoms with van der Waals surface area (Å²) in [6.07, 6.45) is 2.12. The van der Waals surface area contributed by atoms with E-state index in [0.717, 1.165) is 49.8 Å². The Morgan fingerprint density at radius 3 is 3.00 bits per heavy atom. The highest BCUT2D eigenvalue weighted by molar-refractivity contribution is 5.05. The number of oxazole rings is 1. The Hall–Kier alpha value is -1.34. The number of hydrogen-bond donors (Lipinski definition) is 0. The van der Waals surface area contributed by atoms with Crippen molar-refractivity contribution in [2.24, 2.45) is 5.92 Å². The van der Waals surface area contributed by atoms with Crippen LogP contribution in [0, 0.1) is 31.1 Å². The zero-order valence-corrected chi connectivity index (χ0v) is 9.86. The van der Waals surface area contributed by atoms with Crippen LogP contribution in [0.3, 0.4) is 0 Å². The molecule has 1 aromatic heterocycles. The summed E-state index contributed by atoms with van der Waals surface area (Å²) in [5.74, 6) is 1.84. The molecule has 0 radical (unpaired) electrons. The van der Waals surface area contributed by atoms with E-state index in [9.17, 15) is 0 Å². The summed E-state index contributed by atoms with van der Waals surface area (Å²) in [6, 6.07) is 2.34. The molecule has 0 N–H and O–H groups in total. The van der Waals surface area contributed by atoms with E-state index >= 15 is 0 Å². The lowest BCUT2D eigenvalue weighted by molar-refractivity contribution is 0.175. The number of nitriles is 1. The largest absolute Gasteiger partial charge is 0.444 e. The van der Waals surface area contributed by atoms with Crippen LogP contribution in [0.5, 0.6) is 0 Å². The van der Waals surface area contributed by atoms with Crippen molar-refractivity contribution < 1.29 is 4.42 Å². The minimum absolute atomic E-state index is 0.172. The monoisotopic (exact) mass is 219 g/mol. The normalized spacial score (nSPS) is 21.9. The average Bonchev–Trinajstić information content (AvgIpc) is 2.58. The first-order valence-electron chi connectivity index (χ1n) is 5.74. The molecule has 1 fully saturated rings. The zero-order chi connectivity index (χ0) is 11.5. The third-order valence-electron chi connectivity index (χ3n) is 3.12. The number of hydrogen-bond acceptors (Lipinski definition) is 4. The predicted octanol–water partition coefficient (Wildman–Crippen LogP) is 2.03. The van der Waals surface area contributed by atoms with Gasteiger partial charge in [-0.2, -0.15) is 5.26 Å². The molecule has 1 atom stereocenters. The Bertz CT molecular complexity index is 385. The van der Waals surface area contributed by atoms with Gasteiger partial charge < -0.3 is 4.42 Å². The van der Waals surface area contributed by atoms with Crippen LogP contribution < -0.4 is 0 Å². The molecule has 0 saturated carbocycles. The molecule has 4 nitrogen and oxygen atoms in total. The third kappa shape index (κ3) is 2.42. The molecule has 1 saturated heterocycles. The summed E-state index contributed by atoms with van der Waals surface area (Å²) >= 11 is 0. The van der Waals surface area contributed by atoms with Gasteiger partial charge in [-0.1, -0.05) is 0 Å². The second kappa shape index (κ2) is 4.67. The van der Waals surface area contributed by atoms with Crippen LogP contribution in [-0.4, -0.2) is 23.0 Å². The number of aromatic nitrogens is 1. The fourth-order valence-corrected chi connectivity index (χ4v) is 2.10. The molecule has 16 heavy (non-hydrogen) atoms. The SMILES string of the molecule is Cc1nc(CN2CCCC(C#N)C2)oc1C. The fourth-order valence-electron chi connectivity index (χ4n) is 2.10. The van der Waals surface area contributed by atoms with Crippen molar-refractivity contribution in [2.45, 2.75) is 33.2 Å². The highest BCUT2D eigenvalue weighted by atomic mass is 16.4. The number of likely N-dealkylation sites (tertiary alicyclic amines) is 1. The molecule has 0 aromatic carbocycles. The topological polar surface area (TPSA) is 53.1 Å². The van der Waals surface area contributed by atoms with Gasteiger partial charge in [-0.25, -0.2) is 4.98 Å². The van der Waals surface area contributed by atoms with Gasteiger partial charge in [0.2, 0.25) is 5.89 Å². The summed E-state index contributed by atoms with van der Waals surface area (Å²) in [6.45, 7) is 6.50. The first-order chi connectivity index (χ1) is 7.69. The van der Waals surface area contributed by atoms with E-state index in [1.165, 1.54) is 0 Å². The summed E-state index contributed by atoms with van der Waals surface area (Å²) in [7, 11) is 0. The molecule has 0 spiro atoms. The van der Waals surface area contributed by atoms with Crippen LogP contribution in [0.25, 0.3) is 0 Å². The van der Waals surface area contributed by atoms with Crippen molar-refractivity contribution in [1.82, 2.24) is 9.88 Å². The maximum Gasteiger partial charge on any atom is 0.208 e. The van der Waals surface area contributed by atoms with E-state index in [2.05, 4.69) is 16.0 Å². The van der Waals surface area contributed by atoms with Crippen LogP contribution in [0.1, 0.15) is 30.2 Å². The highest BCUT2D eigenvalue weighted by Crippen LogP contribution is 2.18. The lowest BCUT2D eigenvalue weighted by atomic mass is 10.00. The summed E-state index contributed by atoms with van der Waals surface area (Å²) in [5, 5.41) is 8.91. The van der Waals surface area contributed by atoms with Crippen LogP contribution in [0.2, 0.25) is 0 Å². The van der Waals surface area contributed by atoms with Crippen molar-refractivity contribution in [2.75, 3.05) is 13.1 Å². The van der Waals surface area contributed by atoms with Crippen LogP contribution in [-0.2, 0) is 6.54 Å². The maximum absolute atomic E-state index is 8.91. The van der Waals surface area contributed by atoms with Gasteiger partial charge >= 0.3 is 0 Å². The van der Waals surface area contributed by atoms with Crippen LogP contribution in [0.4, 0.5) is 0 Å². The van der Waals surface area contributed by atoms with Gasteiger partial charge in [-0.15, -0.1) is 0 Å². The Balaban J connectivity index is 1.97. The molecule has 86 valence electrons. The van der Waals surface area contributed by atoms with Crippen LogP contribution in [0.15, 0.2) is 4.42 Å². The predicted molar refractivity (Wildman–Crippen MR) is 59.6 cm³/mol. The van der Waals surface area contributed by atoms with Crippen molar-refractivity contribution in [3.63, 3.8) is 0 Å². The molecule has 0 bridgehead atoms. The Morgan fingerprint density at radius 1 is 1.56 bits per heavy atom. The first-order valence-corrected chi connectivity index (χ1v) is 5.74. The van der Waals surface area contributed by atoms with Gasteiger partial charge in [0.05, 0.1) is 24.2 Å². The molecule has 1 unspecified atom stereocenters. The van der Waals surface area contributed by atoms with Crippen molar-refractivity contribution >= 4 is 0 Å². The Morgan fingerprint density at radius 2 is 2.38 bits per heavy atom. The molecular weight excluding hydrogens is 202 g/mol. The van der Waals surface area contributed by atoms with E-state index in [-0.39, 0.29) is 5.92 Å². The summed E-state index contributed by atoms with van der Waals surface area (Å²) in [4.78, 5) is 6.62. The van der Waals surface area contributed by atoms with Crippen molar-refractivity contribution in [3.05, 3.63) is 17.3 Å². The van der Waals surface area contributed by atoms with Gasteiger partial charge in [0.1, 0.15) is 5.76 Å². The molecule has 1 aliphatic heterocycles. The first kappa shape index (κ1) is 11.2. The number of aryl methyl sites for hydroxylation is 2. The number of rotatable bonds is 2. The van der Waals surface area contributed by atoms with E-state index < -0.39 is 0 Å². The molecule has 2 heterocycles. The van der Waals surface area contributed by atoms with E-state index in [4.69, 9.17) is 9.68 Å². The summed E-state index contributed by atoms with van der Waals surface area (Å²) < 4.78 is 5.55. The average molecular weight is 219 g/mol. The molecule has 4 heteroatoms. The lowest BCUT2D eigenvalue weighted by Crippen LogP contribution is -2.34. The minimum Gasteiger partial charge on any atom is -0.444 e. The second-order valence-electron chi connectivity index (χ2n) is 4.45. The number of piperidine rings is 1. The van der Waals surface area contributed by atoms with E-state index in [1.54, 1.807) is 0 Å². The third-order valence-corrected chi connectivity index (χ3v) is 3.12. The maximum atomic E-state index is 8.91. The zero-order valence-electron chi connectivity index (χ0n) is 9.86. The van der Waals surface area contributed by atoms with Gasteiger partial charge in [0.15, 0.2) is 0 Å². The Kier molecular flexibility index (Phi) is 3.25. The second-order valence-corrected chi connectivity index (χ2v) is 4.45. The fraction of sp³-hybridized carbons (Fsp3) is 0.667.